The highest BCUT2D eigenvalue weighted by atomic mass is 35.5. The SMILES string of the molecule is CCNC(=O)[C@H](C)N(Cc1ccccc1Cl)C(=O)CN(c1ccc(Cl)cc1)S(=O)(=O)c1ccc(C)cc1. The van der Waals surface area contributed by atoms with Gasteiger partial charge >= 0.3 is 0 Å². The molecule has 1 N–H and O–H groups in total. The molecule has 0 saturated carbocycles. The van der Waals surface area contributed by atoms with Gasteiger partial charge in [-0.1, -0.05) is 59.1 Å². The van der Waals surface area contributed by atoms with Crippen LogP contribution in [0.25, 0.3) is 0 Å². The van der Waals surface area contributed by atoms with Gasteiger partial charge in [0, 0.05) is 23.1 Å². The second-order valence-electron chi connectivity index (χ2n) is 8.48. The van der Waals surface area contributed by atoms with Gasteiger partial charge in [0.1, 0.15) is 12.6 Å². The van der Waals surface area contributed by atoms with Gasteiger partial charge < -0.3 is 10.2 Å². The van der Waals surface area contributed by atoms with Crippen LogP contribution < -0.4 is 9.62 Å². The molecular formula is C27H29Cl2N3O4S. The van der Waals surface area contributed by atoms with E-state index in [0.29, 0.717) is 22.2 Å². The van der Waals surface area contributed by atoms with Crippen molar-refractivity contribution in [2.45, 2.75) is 38.3 Å². The van der Waals surface area contributed by atoms with Crippen LogP contribution in [0.3, 0.4) is 0 Å². The first-order valence-corrected chi connectivity index (χ1v) is 13.9. The lowest BCUT2D eigenvalue weighted by atomic mass is 10.1. The standard InChI is InChI=1S/C27H29Cl2N3O4S/c1-4-30-27(34)20(3)31(17-21-7-5-6-8-25(21)29)26(33)18-32(23-13-11-22(28)12-14-23)37(35,36)24-15-9-19(2)10-16-24/h5-16,20H,4,17-18H2,1-3H3,(H,30,34)/t20-/m0/s1. The van der Waals surface area contributed by atoms with E-state index in [1.165, 1.54) is 29.2 Å². The Hall–Kier alpha value is -3.07. The molecule has 196 valence electrons. The first-order chi connectivity index (χ1) is 17.5. The van der Waals surface area contributed by atoms with Gasteiger partial charge in [-0.2, -0.15) is 0 Å². The molecular weight excluding hydrogens is 533 g/mol. The summed E-state index contributed by atoms with van der Waals surface area (Å²) in [7, 11) is -4.13. The molecule has 0 bridgehead atoms. The second kappa shape index (κ2) is 12.4. The van der Waals surface area contributed by atoms with E-state index < -0.39 is 28.5 Å². The minimum atomic E-state index is -4.13. The minimum absolute atomic E-state index is 0.0237. The number of aryl methyl sites for hydroxylation is 1. The fourth-order valence-corrected chi connectivity index (χ4v) is 5.42. The zero-order chi connectivity index (χ0) is 27.2. The zero-order valence-corrected chi connectivity index (χ0v) is 23.1. The Bertz CT molecular complexity index is 1350. The third-order valence-electron chi connectivity index (χ3n) is 5.82. The average Bonchev–Trinajstić information content (AvgIpc) is 2.87. The molecule has 0 heterocycles. The van der Waals surface area contributed by atoms with E-state index in [1.807, 2.05) is 6.92 Å². The zero-order valence-electron chi connectivity index (χ0n) is 20.8. The number of amides is 2. The third kappa shape index (κ3) is 7.03. The number of likely N-dealkylation sites (N-methyl/N-ethyl adjacent to an activating group) is 1. The molecule has 37 heavy (non-hydrogen) atoms. The van der Waals surface area contributed by atoms with Crippen molar-refractivity contribution in [3.8, 4) is 0 Å². The van der Waals surface area contributed by atoms with Crippen LogP contribution >= 0.6 is 23.2 Å². The van der Waals surface area contributed by atoms with Gasteiger partial charge in [-0.05, 0) is 68.8 Å². The molecule has 0 radical (unpaired) electrons. The van der Waals surface area contributed by atoms with E-state index in [-0.39, 0.29) is 23.0 Å². The summed E-state index contributed by atoms with van der Waals surface area (Å²) in [6, 6.07) is 18.7. The lowest BCUT2D eigenvalue weighted by Gasteiger charge is -2.32. The summed E-state index contributed by atoms with van der Waals surface area (Å²) in [5, 5.41) is 3.58. The number of carbonyl (C=O) groups excluding carboxylic acids is 2. The minimum Gasteiger partial charge on any atom is -0.355 e. The normalized spacial score (nSPS) is 12.0. The lowest BCUT2D eigenvalue weighted by Crippen LogP contribution is -2.51. The molecule has 0 aliphatic carbocycles. The summed E-state index contributed by atoms with van der Waals surface area (Å²) in [4.78, 5) is 27.9. The Morgan fingerprint density at radius 1 is 0.946 bits per heavy atom. The van der Waals surface area contributed by atoms with Crippen molar-refractivity contribution in [2.75, 3.05) is 17.4 Å². The topological polar surface area (TPSA) is 86.8 Å². The Balaban J connectivity index is 2.03. The van der Waals surface area contributed by atoms with Gasteiger partial charge in [0.25, 0.3) is 10.0 Å². The predicted octanol–water partition coefficient (Wildman–Crippen LogP) is 5.05. The summed E-state index contributed by atoms with van der Waals surface area (Å²) >= 11 is 12.4. The second-order valence-corrected chi connectivity index (χ2v) is 11.2. The molecule has 0 aliphatic rings. The van der Waals surface area contributed by atoms with Crippen molar-refractivity contribution in [1.82, 2.24) is 10.2 Å². The number of carbonyl (C=O) groups is 2. The average molecular weight is 563 g/mol. The van der Waals surface area contributed by atoms with Crippen LogP contribution in [0.2, 0.25) is 10.0 Å². The Morgan fingerprint density at radius 2 is 1.57 bits per heavy atom. The van der Waals surface area contributed by atoms with Crippen LogP contribution in [0.5, 0.6) is 0 Å². The highest BCUT2D eigenvalue weighted by Gasteiger charge is 2.32. The van der Waals surface area contributed by atoms with Crippen molar-refractivity contribution in [1.29, 1.82) is 0 Å². The highest BCUT2D eigenvalue weighted by Crippen LogP contribution is 2.26. The monoisotopic (exact) mass is 561 g/mol. The van der Waals surface area contributed by atoms with Crippen LogP contribution in [0, 0.1) is 6.92 Å². The summed E-state index contributed by atoms with van der Waals surface area (Å²) in [6.07, 6.45) is 0. The molecule has 7 nitrogen and oxygen atoms in total. The summed E-state index contributed by atoms with van der Waals surface area (Å²) in [5.74, 6) is -0.924. The van der Waals surface area contributed by atoms with Crippen molar-refractivity contribution >= 4 is 50.7 Å². The van der Waals surface area contributed by atoms with E-state index in [4.69, 9.17) is 23.2 Å². The maximum Gasteiger partial charge on any atom is 0.264 e. The molecule has 1 atom stereocenters. The lowest BCUT2D eigenvalue weighted by molar-refractivity contribution is -0.139. The molecule has 0 unspecified atom stereocenters. The smallest absolute Gasteiger partial charge is 0.264 e. The van der Waals surface area contributed by atoms with Crippen LogP contribution in [-0.4, -0.2) is 44.3 Å². The first-order valence-electron chi connectivity index (χ1n) is 11.7. The number of nitrogens with zero attached hydrogens (tertiary/aromatic N) is 2. The number of hydrogen-bond acceptors (Lipinski definition) is 4. The van der Waals surface area contributed by atoms with E-state index in [2.05, 4.69) is 5.32 Å². The van der Waals surface area contributed by atoms with Crippen molar-refractivity contribution < 1.29 is 18.0 Å². The van der Waals surface area contributed by atoms with Crippen LogP contribution in [-0.2, 0) is 26.2 Å². The number of anilines is 1. The van der Waals surface area contributed by atoms with E-state index in [0.717, 1.165) is 9.87 Å². The molecule has 3 aromatic rings. The van der Waals surface area contributed by atoms with Gasteiger partial charge in [0.05, 0.1) is 10.6 Å². The Kier molecular flexibility index (Phi) is 9.59. The predicted molar refractivity (Wildman–Crippen MR) is 147 cm³/mol. The van der Waals surface area contributed by atoms with Crippen molar-refractivity contribution in [3.05, 3.63) is 94.0 Å². The summed E-state index contributed by atoms with van der Waals surface area (Å²) < 4.78 is 28.5. The highest BCUT2D eigenvalue weighted by molar-refractivity contribution is 7.92. The van der Waals surface area contributed by atoms with E-state index in [9.17, 15) is 18.0 Å². The number of rotatable bonds is 10. The maximum atomic E-state index is 13.8. The fraction of sp³-hybridized carbons (Fsp3) is 0.259. The van der Waals surface area contributed by atoms with Gasteiger partial charge in [-0.3, -0.25) is 13.9 Å². The summed E-state index contributed by atoms with van der Waals surface area (Å²) in [5.41, 5.74) is 1.80. The van der Waals surface area contributed by atoms with Gasteiger partial charge in [0.15, 0.2) is 0 Å². The number of nitrogens with one attached hydrogen (secondary N) is 1. The van der Waals surface area contributed by atoms with Crippen molar-refractivity contribution in [3.63, 3.8) is 0 Å². The van der Waals surface area contributed by atoms with Crippen molar-refractivity contribution in [2.24, 2.45) is 0 Å². The van der Waals surface area contributed by atoms with Crippen LogP contribution in [0.15, 0.2) is 77.7 Å². The Morgan fingerprint density at radius 3 is 2.16 bits per heavy atom. The number of hydrogen-bond donors (Lipinski definition) is 1. The van der Waals surface area contributed by atoms with Gasteiger partial charge in [-0.15, -0.1) is 0 Å². The molecule has 0 spiro atoms. The van der Waals surface area contributed by atoms with Gasteiger partial charge in [0.2, 0.25) is 11.8 Å². The quantitative estimate of drug-likeness (QED) is 0.375. The Labute approximate surface area is 228 Å². The van der Waals surface area contributed by atoms with Crippen LogP contribution in [0.4, 0.5) is 5.69 Å². The number of benzene rings is 3. The number of halogens is 2. The van der Waals surface area contributed by atoms with Crippen LogP contribution in [0.1, 0.15) is 25.0 Å². The maximum absolute atomic E-state index is 13.8. The van der Waals surface area contributed by atoms with E-state index in [1.54, 1.807) is 62.4 Å². The molecule has 3 rings (SSSR count). The molecule has 0 aliphatic heterocycles. The molecule has 10 heteroatoms. The fourth-order valence-electron chi connectivity index (χ4n) is 3.69. The summed E-state index contributed by atoms with van der Waals surface area (Å²) in [6.45, 7) is 5.10. The first kappa shape index (κ1) is 28.5. The molecule has 0 fully saturated rings. The molecule has 3 aromatic carbocycles. The molecule has 2 amide bonds. The number of sulfonamides is 1. The van der Waals surface area contributed by atoms with Gasteiger partial charge in [-0.25, -0.2) is 8.42 Å². The third-order valence-corrected chi connectivity index (χ3v) is 8.23. The molecule has 0 saturated heterocycles. The van der Waals surface area contributed by atoms with E-state index >= 15 is 0 Å². The molecule has 0 aromatic heterocycles. The largest absolute Gasteiger partial charge is 0.355 e.